The monoisotopic (exact) mass is 414 g/mol. The summed E-state index contributed by atoms with van der Waals surface area (Å²) >= 11 is 0. The summed E-state index contributed by atoms with van der Waals surface area (Å²) < 4.78 is 27.3. The average Bonchev–Trinajstić information content (AvgIpc) is 2.90. The van der Waals surface area contributed by atoms with E-state index in [2.05, 4.69) is 0 Å². The van der Waals surface area contributed by atoms with E-state index < -0.39 is 18.2 Å². The third-order valence-corrected chi connectivity index (χ3v) is 5.01. The quantitative estimate of drug-likeness (QED) is 0.457. The van der Waals surface area contributed by atoms with Gasteiger partial charge in [0, 0.05) is 5.56 Å². The number of aldehydes is 1. The zero-order valence-corrected chi connectivity index (χ0v) is 16.7. The summed E-state index contributed by atoms with van der Waals surface area (Å²) in [5.41, 5.74) is 0.727. The Bertz CT molecular complexity index is 1120. The first-order valence-electron chi connectivity index (χ1n) is 9.13. The SMILES string of the molecule is CCOc1c(C)c2c(c3c1C(=O)OC3O)Oc1c(C=O)c(OC)cc(C)c1C(=O)O2. The second kappa shape index (κ2) is 7.03. The summed E-state index contributed by atoms with van der Waals surface area (Å²) in [5.74, 6) is -1.48. The highest BCUT2D eigenvalue weighted by atomic mass is 16.6. The molecule has 1 atom stereocenters. The normalized spacial score (nSPS) is 16.4. The van der Waals surface area contributed by atoms with Gasteiger partial charge in [-0.3, -0.25) is 4.79 Å². The Morgan fingerprint density at radius 3 is 2.47 bits per heavy atom. The molecule has 0 spiro atoms. The van der Waals surface area contributed by atoms with Gasteiger partial charge in [0.15, 0.2) is 23.5 Å². The standard InChI is InChI=1S/C21H18O9/c1-5-27-15-9(3)16-18(14-13(15)20(24)30-21(14)25)28-17-10(7-22)11(26-4)6-8(2)12(17)19(23)29-16/h6-7,21,25H,5H2,1-4H3. The van der Waals surface area contributed by atoms with Crippen LogP contribution in [0.5, 0.6) is 28.7 Å². The Balaban J connectivity index is 2.08. The van der Waals surface area contributed by atoms with Crippen molar-refractivity contribution in [3.63, 3.8) is 0 Å². The van der Waals surface area contributed by atoms with Crippen molar-refractivity contribution >= 4 is 18.2 Å². The van der Waals surface area contributed by atoms with Crippen molar-refractivity contribution in [2.45, 2.75) is 27.1 Å². The lowest BCUT2D eigenvalue weighted by molar-refractivity contribution is -0.0555. The van der Waals surface area contributed by atoms with E-state index >= 15 is 0 Å². The molecule has 2 heterocycles. The minimum Gasteiger partial charge on any atom is -0.496 e. The minimum absolute atomic E-state index is 0.0112. The van der Waals surface area contributed by atoms with Crippen molar-refractivity contribution in [2.75, 3.05) is 13.7 Å². The maximum absolute atomic E-state index is 13.0. The molecule has 2 aromatic rings. The molecule has 0 bridgehead atoms. The van der Waals surface area contributed by atoms with E-state index in [1.807, 2.05) is 0 Å². The van der Waals surface area contributed by atoms with Crippen molar-refractivity contribution < 1.29 is 43.2 Å². The van der Waals surface area contributed by atoms with E-state index in [-0.39, 0.29) is 57.6 Å². The summed E-state index contributed by atoms with van der Waals surface area (Å²) in [7, 11) is 1.38. The molecule has 2 aromatic carbocycles. The predicted octanol–water partition coefficient (Wildman–Crippen LogP) is 3.01. The Morgan fingerprint density at radius 2 is 1.83 bits per heavy atom. The largest absolute Gasteiger partial charge is 0.496 e. The lowest BCUT2D eigenvalue weighted by Gasteiger charge is -2.18. The Hall–Kier alpha value is -3.59. The average molecular weight is 414 g/mol. The number of aliphatic hydroxyl groups is 1. The molecule has 2 aliphatic heterocycles. The van der Waals surface area contributed by atoms with E-state index in [0.29, 0.717) is 17.4 Å². The molecule has 0 aromatic heterocycles. The fourth-order valence-electron chi connectivity index (χ4n) is 3.68. The molecule has 9 nitrogen and oxygen atoms in total. The van der Waals surface area contributed by atoms with Crippen molar-refractivity contribution in [1.82, 2.24) is 0 Å². The summed E-state index contributed by atoms with van der Waals surface area (Å²) in [6.45, 7) is 5.17. The number of carbonyl (C=O) groups is 3. The first-order chi connectivity index (χ1) is 14.3. The van der Waals surface area contributed by atoms with Gasteiger partial charge < -0.3 is 28.8 Å². The van der Waals surface area contributed by atoms with Gasteiger partial charge >= 0.3 is 11.9 Å². The number of benzene rings is 2. The number of ether oxygens (including phenoxy) is 5. The molecule has 0 aliphatic carbocycles. The first kappa shape index (κ1) is 19.7. The van der Waals surface area contributed by atoms with Gasteiger partial charge in [-0.25, -0.2) is 9.59 Å². The molecule has 0 radical (unpaired) electrons. The Labute approximate surface area is 171 Å². The predicted molar refractivity (Wildman–Crippen MR) is 101 cm³/mol. The molecule has 1 N–H and O–H groups in total. The molecule has 0 saturated heterocycles. The van der Waals surface area contributed by atoms with Crippen LogP contribution < -0.4 is 18.9 Å². The van der Waals surface area contributed by atoms with Gasteiger partial charge in [-0.15, -0.1) is 0 Å². The number of hydrogen-bond acceptors (Lipinski definition) is 9. The van der Waals surface area contributed by atoms with Crippen LogP contribution in [0, 0.1) is 13.8 Å². The highest BCUT2D eigenvalue weighted by molar-refractivity contribution is 6.03. The number of aryl methyl sites for hydroxylation is 1. The van der Waals surface area contributed by atoms with Crippen LogP contribution in [0.1, 0.15) is 61.0 Å². The van der Waals surface area contributed by atoms with Gasteiger partial charge in [0.25, 0.3) is 0 Å². The van der Waals surface area contributed by atoms with Crippen LogP contribution in [-0.4, -0.2) is 37.0 Å². The highest BCUT2D eigenvalue weighted by Crippen LogP contribution is 2.54. The number of aliphatic hydroxyl groups excluding tert-OH is 1. The zero-order chi connectivity index (χ0) is 21.7. The fourth-order valence-corrected chi connectivity index (χ4v) is 3.68. The molecule has 9 heteroatoms. The minimum atomic E-state index is -1.66. The topological polar surface area (TPSA) is 118 Å². The number of hydrogen-bond donors (Lipinski definition) is 1. The molecule has 4 rings (SSSR count). The molecular formula is C21H18O9. The summed E-state index contributed by atoms with van der Waals surface area (Å²) in [6.07, 6.45) is -1.16. The van der Waals surface area contributed by atoms with Crippen molar-refractivity contribution in [3.05, 3.63) is 39.4 Å². The zero-order valence-electron chi connectivity index (χ0n) is 16.7. The van der Waals surface area contributed by atoms with Crippen LogP contribution in [0.15, 0.2) is 6.07 Å². The molecule has 2 aliphatic rings. The van der Waals surface area contributed by atoms with Crippen molar-refractivity contribution in [2.24, 2.45) is 0 Å². The lowest BCUT2D eigenvalue weighted by Crippen LogP contribution is -2.12. The maximum atomic E-state index is 13.0. The number of fused-ring (bicyclic) bond motifs is 4. The molecular weight excluding hydrogens is 396 g/mol. The third-order valence-electron chi connectivity index (χ3n) is 5.01. The van der Waals surface area contributed by atoms with E-state index in [0.717, 1.165) is 0 Å². The van der Waals surface area contributed by atoms with Crippen LogP contribution in [0.4, 0.5) is 0 Å². The Kier molecular flexibility index (Phi) is 4.62. The van der Waals surface area contributed by atoms with Gasteiger partial charge in [0.05, 0.1) is 24.8 Å². The van der Waals surface area contributed by atoms with Gasteiger partial charge in [0.2, 0.25) is 6.29 Å². The molecule has 156 valence electrons. The Morgan fingerprint density at radius 1 is 1.10 bits per heavy atom. The van der Waals surface area contributed by atoms with Crippen LogP contribution in [0.2, 0.25) is 0 Å². The van der Waals surface area contributed by atoms with Crippen LogP contribution in [-0.2, 0) is 4.74 Å². The molecule has 0 amide bonds. The van der Waals surface area contributed by atoms with Gasteiger partial charge in [0.1, 0.15) is 22.6 Å². The van der Waals surface area contributed by atoms with Crippen molar-refractivity contribution in [3.8, 4) is 28.7 Å². The van der Waals surface area contributed by atoms with E-state index in [1.54, 1.807) is 20.8 Å². The van der Waals surface area contributed by atoms with Crippen LogP contribution in [0.3, 0.4) is 0 Å². The van der Waals surface area contributed by atoms with Crippen LogP contribution in [0.25, 0.3) is 0 Å². The molecule has 0 fully saturated rings. The van der Waals surface area contributed by atoms with Gasteiger partial charge in [-0.05, 0) is 32.4 Å². The molecule has 1 unspecified atom stereocenters. The lowest BCUT2D eigenvalue weighted by atomic mass is 10.0. The van der Waals surface area contributed by atoms with Gasteiger partial charge in [-0.2, -0.15) is 0 Å². The van der Waals surface area contributed by atoms with Crippen LogP contribution >= 0.6 is 0 Å². The number of cyclic esters (lactones) is 1. The summed E-state index contributed by atoms with van der Waals surface area (Å²) in [5, 5.41) is 10.4. The smallest absolute Gasteiger partial charge is 0.347 e. The summed E-state index contributed by atoms with van der Waals surface area (Å²) in [4.78, 5) is 37.1. The summed E-state index contributed by atoms with van der Waals surface area (Å²) in [6, 6.07) is 1.52. The first-order valence-corrected chi connectivity index (χ1v) is 9.13. The number of carbonyl (C=O) groups excluding carboxylic acids is 3. The maximum Gasteiger partial charge on any atom is 0.347 e. The second-order valence-corrected chi connectivity index (χ2v) is 6.71. The fraction of sp³-hybridized carbons (Fsp3) is 0.286. The number of methoxy groups -OCH3 is 1. The molecule has 30 heavy (non-hydrogen) atoms. The highest BCUT2D eigenvalue weighted by Gasteiger charge is 2.43. The molecule has 0 saturated carbocycles. The number of rotatable bonds is 4. The van der Waals surface area contributed by atoms with E-state index in [4.69, 9.17) is 23.7 Å². The van der Waals surface area contributed by atoms with E-state index in [1.165, 1.54) is 13.2 Å². The third kappa shape index (κ3) is 2.62. The van der Waals surface area contributed by atoms with E-state index in [9.17, 15) is 19.5 Å². The number of esters is 2. The second-order valence-electron chi connectivity index (χ2n) is 6.71. The van der Waals surface area contributed by atoms with Crippen molar-refractivity contribution in [1.29, 1.82) is 0 Å². The van der Waals surface area contributed by atoms with Gasteiger partial charge in [-0.1, -0.05) is 0 Å².